The highest BCUT2D eigenvalue weighted by Gasteiger charge is 2.42. The second-order valence-corrected chi connectivity index (χ2v) is 8.70. The first-order valence-electron chi connectivity index (χ1n) is 13.2. The zero-order valence-corrected chi connectivity index (χ0v) is 17.5. The number of aliphatic hydroxyl groups excluding tert-OH is 1. The Hall–Kier alpha value is -1.62. The molecular weight excluding hydrogens is 368 g/mol. The SMILES string of the molecule is [2H]C([2H])([2H])[C@H]1C=C2C=C[C@H](C)[C@H](CCC3C[C@@H](O)C([2H])([2H])C(=O)O3)[C@H]2[C@@H](OC(=O)[C@@H](C)CC)C1. The number of ether oxygens (including phenoxy) is 2. The van der Waals surface area contributed by atoms with E-state index in [-0.39, 0.29) is 42.5 Å². The Bertz CT molecular complexity index is 836. The molecule has 1 N–H and O–H groups in total. The molecule has 1 fully saturated rings. The first kappa shape index (κ1) is 16.1. The molecule has 0 bridgehead atoms. The summed E-state index contributed by atoms with van der Waals surface area (Å²) in [5.41, 5.74) is 0.856. The zero-order valence-electron chi connectivity index (χ0n) is 22.5. The topological polar surface area (TPSA) is 72.8 Å². The van der Waals surface area contributed by atoms with Gasteiger partial charge in [-0.05, 0) is 49.0 Å². The summed E-state index contributed by atoms with van der Waals surface area (Å²) in [5, 5.41) is 10.1. The summed E-state index contributed by atoms with van der Waals surface area (Å²) >= 11 is 0. The van der Waals surface area contributed by atoms with Crippen molar-refractivity contribution in [3.63, 3.8) is 0 Å². The Labute approximate surface area is 181 Å². The van der Waals surface area contributed by atoms with Gasteiger partial charge in [0.2, 0.25) is 0 Å². The van der Waals surface area contributed by atoms with Crippen LogP contribution in [-0.4, -0.2) is 35.4 Å². The van der Waals surface area contributed by atoms with Crippen LogP contribution in [0.25, 0.3) is 0 Å². The van der Waals surface area contributed by atoms with E-state index in [2.05, 4.69) is 6.92 Å². The highest BCUT2D eigenvalue weighted by molar-refractivity contribution is 5.72. The molecule has 1 heterocycles. The van der Waals surface area contributed by atoms with Crippen molar-refractivity contribution in [1.29, 1.82) is 0 Å². The average molecular weight is 410 g/mol. The summed E-state index contributed by atoms with van der Waals surface area (Å²) in [7, 11) is 0. The van der Waals surface area contributed by atoms with Crippen LogP contribution in [0.5, 0.6) is 0 Å². The lowest BCUT2D eigenvalue weighted by Gasteiger charge is -2.43. The Kier molecular flexibility index (Phi) is 5.26. The van der Waals surface area contributed by atoms with Crippen molar-refractivity contribution >= 4 is 11.9 Å². The van der Waals surface area contributed by atoms with Crippen molar-refractivity contribution in [2.24, 2.45) is 29.6 Å². The molecule has 0 radical (unpaired) electrons. The van der Waals surface area contributed by atoms with Gasteiger partial charge < -0.3 is 14.6 Å². The van der Waals surface area contributed by atoms with Crippen LogP contribution in [0.2, 0.25) is 0 Å². The van der Waals surface area contributed by atoms with Gasteiger partial charge in [-0.2, -0.15) is 0 Å². The fourth-order valence-electron chi connectivity index (χ4n) is 4.67. The zero-order chi connectivity index (χ0) is 25.4. The van der Waals surface area contributed by atoms with Crippen molar-refractivity contribution in [3.8, 4) is 0 Å². The standard InChI is InChI=1S/C24H36O5/c1-5-15(3)24(27)29-21-11-14(2)10-17-7-6-16(4)20(23(17)21)9-8-19-12-18(25)13-22(26)28-19/h6-7,10,14-16,18-21,23,25H,5,8-9,11-13H2,1-4H3/t14-,15-,16-,18+,19?,20-,21-,23-/m0/s1/i2D3,13D2. The monoisotopic (exact) mass is 409 g/mol. The van der Waals surface area contributed by atoms with Crippen LogP contribution >= 0.6 is 0 Å². The molecule has 0 spiro atoms. The van der Waals surface area contributed by atoms with Crippen molar-refractivity contribution < 1.29 is 31.0 Å². The molecule has 1 aliphatic heterocycles. The first-order chi connectivity index (χ1) is 15.8. The number of fused-ring (bicyclic) bond motifs is 1. The van der Waals surface area contributed by atoms with Crippen LogP contribution in [-0.2, 0) is 19.1 Å². The molecule has 0 aromatic heterocycles. The van der Waals surface area contributed by atoms with E-state index in [9.17, 15) is 14.7 Å². The highest BCUT2D eigenvalue weighted by Crippen LogP contribution is 2.45. The van der Waals surface area contributed by atoms with Crippen molar-refractivity contribution in [2.45, 2.75) is 84.4 Å². The van der Waals surface area contributed by atoms with Gasteiger partial charge >= 0.3 is 11.9 Å². The maximum atomic E-state index is 12.7. The largest absolute Gasteiger partial charge is 0.462 e. The Morgan fingerprint density at radius 1 is 1.45 bits per heavy atom. The average Bonchev–Trinajstić information content (AvgIpc) is 2.75. The smallest absolute Gasteiger partial charge is 0.308 e. The molecule has 1 unspecified atom stereocenters. The molecule has 0 saturated carbocycles. The van der Waals surface area contributed by atoms with E-state index in [1.165, 1.54) is 0 Å². The minimum absolute atomic E-state index is 0.0121. The molecule has 1 saturated heterocycles. The predicted molar refractivity (Wildman–Crippen MR) is 111 cm³/mol. The highest BCUT2D eigenvalue weighted by atomic mass is 16.5. The van der Waals surface area contributed by atoms with Gasteiger partial charge in [-0.25, -0.2) is 0 Å². The molecule has 5 nitrogen and oxygen atoms in total. The molecule has 162 valence electrons. The second kappa shape index (κ2) is 9.46. The maximum Gasteiger partial charge on any atom is 0.308 e. The molecule has 3 rings (SSSR count). The van der Waals surface area contributed by atoms with Gasteiger partial charge in [-0.3, -0.25) is 9.59 Å². The molecule has 2 aliphatic carbocycles. The lowest BCUT2D eigenvalue weighted by Crippen LogP contribution is -2.42. The lowest BCUT2D eigenvalue weighted by molar-refractivity contribution is -0.162. The summed E-state index contributed by atoms with van der Waals surface area (Å²) in [6, 6.07) is 0. The second-order valence-electron chi connectivity index (χ2n) is 8.70. The third kappa shape index (κ3) is 5.30. The molecule has 0 aromatic rings. The third-order valence-corrected chi connectivity index (χ3v) is 6.54. The minimum atomic E-state index is -2.41. The summed E-state index contributed by atoms with van der Waals surface area (Å²) in [5.74, 6) is -2.41. The normalized spacial score (nSPS) is 42.6. The van der Waals surface area contributed by atoms with Crippen molar-refractivity contribution in [2.75, 3.05) is 0 Å². The molecule has 5 heteroatoms. The number of aliphatic hydroxyl groups is 1. The third-order valence-electron chi connectivity index (χ3n) is 6.54. The number of rotatable bonds is 6. The first-order valence-corrected chi connectivity index (χ1v) is 10.7. The van der Waals surface area contributed by atoms with E-state index in [4.69, 9.17) is 16.3 Å². The maximum absolute atomic E-state index is 12.7. The molecule has 0 amide bonds. The van der Waals surface area contributed by atoms with Gasteiger partial charge in [0.05, 0.1) is 18.4 Å². The Balaban J connectivity index is 1.82. The van der Waals surface area contributed by atoms with E-state index < -0.39 is 43.4 Å². The quantitative estimate of drug-likeness (QED) is 0.666. The number of hydrogen-bond donors (Lipinski definition) is 1. The lowest BCUT2D eigenvalue weighted by atomic mass is 9.65. The Morgan fingerprint density at radius 2 is 2.24 bits per heavy atom. The van der Waals surface area contributed by atoms with E-state index in [0.717, 1.165) is 5.57 Å². The summed E-state index contributed by atoms with van der Waals surface area (Å²) in [6.07, 6.45) is 2.66. The van der Waals surface area contributed by atoms with E-state index >= 15 is 0 Å². The number of carbonyl (C=O) groups is 2. The Morgan fingerprint density at radius 3 is 2.93 bits per heavy atom. The number of esters is 2. The van der Waals surface area contributed by atoms with Crippen molar-refractivity contribution in [1.82, 2.24) is 0 Å². The van der Waals surface area contributed by atoms with Crippen LogP contribution in [0.15, 0.2) is 23.8 Å². The summed E-state index contributed by atoms with van der Waals surface area (Å²) in [4.78, 5) is 24.7. The van der Waals surface area contributed by atoms with Crippen LogP contribution in [0.1, 0.15) is 73.0 Å². The summed E-state index contributed by atoms with van der Waals surface area (Å²) in [6.45, 7) is 3.56. The molecule has 3 aliphatic rings. The van der Waals surface area contributed by atoms with Crippen LogP contribution in [0.3, 0.4) is 0 Å². The van der Waals surface area contributed by atoms with E-state index in [1.807, 2.05) is 19.1 Å². The fourth-order valence-corrected chi connectivity index (χ4v) is 4.67. The predicted octanol–water partition coefficient (Wildman–Crippen LogP) is 4.20. The van der Waals surface area contributed by atoms with E-state index in [0.29, 0.717) is 19.3 Å². The molecular formula is C24H36O5. The van der Waals surface area contributed by atoms with Gasteiger partial charge in [0.15, 0.2) is 0 Å². The van der Waals surface area contributed by atoms with Crippen LogP contribution < -0.4 is 0 Å². The minimum Gasteiger partial charge on any atom is -0.462 e. The number of allylic oxidation sites excluding steroid dienone is 3. The van der Waals surface area contributed by atoms with Gasteiger partial charge in [-0.15, -0.1) is 0 Å². The summed E-state index contributed by atoms with van der Waals surface area (Å²) < 4.78 is 50.3. The molecule has 8 atom stereocenters. The van der Waals surface area contributed by atoms with Gasteiger partial charge in [-0.1, -0.05) is 45.9 Å². The molecule has 29 heavy (non-hydrogen) atoms. The number of cyclic esters (lactones) is 1. The number of carbonyl (C=O) groups excluding carboxylic acids is 2. The van der Waals surface area contributed by atoms with E-state index in [1.54, 1.807) is 13.0 Å². The van der Waals surface area contributed by atoms with Gasteiger partial charge in [0, 0.05) is 19.2 Å². The van der Waals surface area contributed by atoms with Crippen LogP contribution in [0, 0.1) is 29.6 Å². The van der Waals surface area contributed by atoms with Crippen molar-refractivity contribution in [3.05, 3.63) is 23.8 Å². The number of hydrogen-bond acceptors (Lipinski definition) is 5. The fraction of sp³-hybridized carbons (Fsp3) is 0.750. The van der Waals surface area contributed by atoms with Gasteiger partial charge in [0.25, 0.3) is 0 Å². The molecule has 0 aromatic carbocycles. The van der Waals surface area contributed by atoms with Crippen LogP contribution in [0.4, 0.5) is 0 Å². The van der Waals surface area contributed by atoms with Gasteiger partial charge in [0.1, 0.15) is 12.2 Å².